The van der Waals surface area contributed by atoms with Gasteiger partial charge in [0.25, 0.3) is 11.8 Å². The number of likely N-dealkylation sites (N-methyl/N-ethyl adjacent to an activating group) is 2. The third-order valence-electron chi connectivity index (χ3n) is 9.74. The molecule has 0 aliphatic carbocycles. The van der Waals surface area contributed by atoms with Crippen LogP contribution < -0.4 is 31.9 Å². The summed E-state index contributed by atoms with van der Waals surface area (Å²) in [5.74, 6) is -2.14. The molecule has 16 nitrogen and oxygen atoms in total. The average molecular weight is 721 g/mol. The van der Waals surface area contributed by atoms with Gasteiger partial charge in [-0.25, -0.2) is 0 Å². The van der Waals surface area contributed by atoms with Gasteiger partial charge in [-0.2, -0.15) is 0 Å². The lowest BCUT2D eigenvalue weighted by Crippen LogP contribution is -2.57. The van der Waals surface area contributed by atoms with E-state index in [1.807, 2.05) is 0 Å². The van der Waals surface area contributed by atoms with Gasteiger partial charge in [0.05, 0.1) is 12.1 Å². The highest BCUT2D eigenvalue weighted by atomic mass is 16.2. The molecule has 2 fully saturated rings. The fourth-order valence-corrected chi connectivity index (χ4v) is 6.38. The van der Waals surface area contributed by atoms with E-state index in [2.05, 4.69) is 41.9 Å². The Labute approximate surface area is 304 Å². The monoisotopic (exact) mass is 720 g/mol. The molecule has 6 N–H and O–H groups in total. The molecule has 2 aliphatic heterocycles. The predicted molar refractivity (Wildman–Crippen MR) is 193 cm³/mol. The summed E-state index contributed by atoms with van der Waals surface area (Å²) in [5.41, 5.74) is 0.538. The molecule has 2 aromatic rings. The van der Waals surface area contributed by atoms with Gasteiger partial charge in [0.15, 0.2) is 0 Å². The lowest BCUT2D eigenvalue weighted by atomic mass is 10.0. The summed E-state index contributed by atoms with van der Waals surface area (Å²) in [4.78, 5) is 91.5. The van der Waals surface area contributed by atoms with Gasteiger partial charge in [-0.3, -0.25) is 38.7 Å². The molecule has 0 spiro atoms. The number of pyridine rings is 2. The highest BCUT2D eigenvalue weighted by Gasteiger charge is 2.38. The van der Waals surface area contributed by atoms with Crippen LogP contribution in [0, 0.1) is 0 Å². The first kappa shape index (κ1) is 39.8. The normalized spacial score (nSPS) is 19.2. The van der Waals surface area contributed by atoms with E-state index in [1.165, 1.54) is 12.4 Å². The summed E-state index contributed by atoms with van der Waals surface area (Å²) in [6.07, 6.45) is 5.94. The van der Waals surface area contributed by atoms with Crippen molar-refractivity contribution in [1.29, 1.82) is 0 Å². The van der Waals surface area contributed by atoms with Gasteiger partial charge in [0.2, 0.25) is 23.6 Å². The molecule has 0 bridgehead atoms. The first-order valence-electron chi connectivity index (χ1n) is 18.0. The Morgan fingerprint density at radius 1 is 0.673 bits per heavy atom. The summed E-state index contributed by atoms with van der Waals surface area (Å²) in [7, 11) is 3.28. The molecule has 4 rings (SSSR count). The lowest BCUT2D eigenvalue weighted by Gasteiger charge is -2.32. The number of nitrogens with one attached hydrogen (secondary N) is 6. The van der Waals surface area contributed by atoms with E-state index in [4.69, 9.17) is 0 Å². The van der Waals surface area contributed by atoms with Gasteiger partial charge < -0.3 is 41.7 Å². The van der Waals surface area contributed by atoms with Gasteiger partial charge in [-0.05, 0) is 90.7 Å². The Morgan fingerprint density at radius 2 is 1.08 bits per heavy atom. The van der Waals surface area contributed by atoms with E-state index in [1.54, 1.807) is 74.1 Å². The minimum absolute atomic E-state index is 0.0596. The van der Waals surface area contributed by atoms with Crippen LogP contribution in [-0.4, -0.2) is 132 Å². The Balaban J connectivity index is 1.49. The van der Waals surface area contributed by atoms with Crippen LogP contribution in [0.25, 0.3) is 0 Å². The summed E-state index contributed by atoms with van der Waals surface area (Å²) in [5, 5.41) is 17.3. The minimum Gasteiger partial charge on any atom is -0.349 e. The van der Waals surface area contributed by atoms with Crippen LogP contribution in [0.1, 0.15) is 73.3 Å². The molecular formula is C36H52N10O6. The van der Waals surface area contributed by atoms with Gasteiger partial charge in [-0.15, -0.1) is 0 Å². The zero-order valence-electron chi connectivity index (χ0n) is 30.4. The van der Waals surface area contributed by atoms with Gasteiger partial charge in [0, 0.05) is 50.7 Å². The van der Waals surface area contributed by atoms with Crippen molar-refractivity contribution in [3.63, 3.8) is 0 Å². The smallest absolute Gasteiger partial charge is 0.269 e. The van der Waals surface area contributed by atoms with Crippen molar-refractivity contribution in [3.05, 3.63) is 60.2 Å². The molecule has 0 radical (unpaired) electrons. The Morgan fingerprint density at radius 3 is 1.42 bits per heavy atom. The van der Waals surface area contributed by atoms with Gasteiger partial charge in [0.1, 0.15) is 23.5 Å². The highest BCUT2D eigenvalue weighted by molar-refractivity contribution is 5.93. The van der Waals surface area contributed by atoms with Crippen molar-refractivity contribution in [2.75, 3.05) is 40.3 Å². The first-order valence-corrected chi connectivity index (χ1v) is 18.0. The zero-order valence-corrected chi connectivity index (χ0v) is 30.4. The number of amides is 6. The van der Waals surface area contributed by atoms with Crippen LogP contribution in [-0.2, 0) is 19.2 Å². The second kappa shape index (κ2) is 19.6. The number of carbonyl (C=O) groups excluding carboxylic acids is 6. The maximum atomic E-state index is 14.2. The molecule has 6 atom stereocenters. The van der Waals surface area contributed by atoms with Crippen molar-refractivity contribution in [1.82, 2.24) is 51.7 Å². The topological polar surface area (TPSA) is 207 Å². The Hall–Kier alpha value is -4.96. The number of hydrogen-bond acceptors (Lipinski definition) is 10. The Bertz CT molecular complexity index is 1420. The van der Waals surface area contributed by atoms with Crippen LogP contribution in [0.3, 0.4) is 0 Å². The number of aromatic nitrogens is 2. The lowest BCUT2D eigenvalue weighted by molar-refractivity contribution is -0.139. The molecule has 282 valence electrons. The molecule has 2 aromatic heterocycles. The van der Waals surface area contributed by atoms with E-state index < -0.39 is 24.2 Å². The van der Waals surface area contributed by atoms with E-state index in [0.717, 1.165) is 12.8 Å². The fourth-order valence-electron chi connectivity index (χ4n) is 6.38. The van der Waals surface area contributed by atoms with Crippen LogP contribution in [0.4, 0.5) is 0 Å². The molecule has 0 saturated carbocycles. The van der Waals surface area contributed by atoms with Crippen LogP contribution in [0.5, 0.6) is 0 Å². The number of likely N-dealkylation sites (tertiary alicyclic amines) is 2. The third-order valence-corrected chi connectivity index (χ3v) is 9.74. The molecule has 4 heterocycles. The van der Waals surface area contributed by atoms with Crippen molar-refractivity contribution >= 4 is 35.4 Å². The van der Waals surface area contributed by atoms with Gasteiger partial charge >= 0.3 is 0 Å². The maximum Gasteiger partial charge on any atom is 0.269 e. The summed E-state index contributed by atoms with van der Waals surface area (Å²) >= 11 is 0. The predicted octanol–water partition coefficient (Wildman–Crippen LogP) is -0.416. The first-order chi connectivity index (χ1) is 25.0. The third kappa shape index (κ3) is 10.8. The summed E-state index contributed by atoms with van der Waals surface area (Å²) < 4.78 is 0. The van der Waals surface area contributed by atoms with Crippen LogP contribution in [0.15, 0.2) is 48.8 Å². The van der Waals surface area contributed by atoms with Crippen molar-refractivity contribution in [3.8, 4) is 0 Å². The quantitative estimate of drug-likeness (QED) is 0.125. The fraction of sp³-hybridized carbons (Fsp3) is 0.556. The second-order valence-electron chi connectivity index (χ2n) is 13.2. The molecular weight excluding hydrogens is 668 g/mol. The largest absolute Gasteiger partial charge is 0.349 e. The molecule has 52 heavy (non-hydrogen) atoms. The van der Waals surface area contributed by atoms with Gasteiger partial charge in [-0.1, -0.05) is 12.1 Å². The molecule has 0 unspecified atom stereocenters. The number of rotatable bonds is 17. The number of hydrogen-bond donors (Lipinski definition) is 6. The van der Waals surface area contributed by atoms with Crippen molar-refractivity contribution in [2.24, 2.45) is 0 Å². The van der Waals surface area contributed by atoms with Crippen molar-refractivity contribution < 1.29 is 28.8 Å². The number of carbonyl (C=O) groups is 6. The summed E-state index contributed by atoms with van der Waals surface area (Å²) in [6, 6.07) is 6.29. The number of nitrogens with zero attached hydrogens (tertiary/aromatic N) is 4. The van der Waals surface area contributed by atoms with E-state index in [0.29, 0.717) is 25.9 Å². The zero-order chi connectivity index (χ0) is 37.6. The van der Waals surface area contributed by atoms with E-state index in [9.17, 15) is 28.8 Å². The second-order valence-corrected chi connectivity index (χ2v) is 13.2. The molecule has 2 aliphatic rings. The SMILES string of the molecule is CN[C@@H](C)C(=O)N[C@@H](CC[C@H](NC(=O)[C@H](C)NC)C(=O)N1CCC[C@H]1CNC(=O)c1ccccn1)C(=O)N1CCC[C@H]1CNC(=O)c1ccccn1. The molecule has 2 saturated heterocycles. The molecule has 16 heteroatoms. The molecule has 6 amide bonds. The Kier molecular flexibility index (Phi) is 15.0. The minimum atomic E-state index is -1.00. The van der Waals surface area contributed by atoms with E-state index in [-0.39, 0.29) is 84.8 Å². The summed E-state index contributed by atoms with van der Waals surface area (Å²) in [6.45, 7) is 4.65. The maximum absolute atomic E-state index is 14.2. The van der Waals surface area contributed by atoms with Crippen LogP contribution in [0.2, 0.25) is 0 Å². The standard InChI is InChI=1S/C36H52N10O6/c1-23(37-3)31(47)43-29(35(51)45-19-9-11-25(45)21-41-33(49)27-13-5-7-17-39-27)15-16-30(44-32(48)24(2)38-4)36(52)46-20-10-12-26(46)22-42-34(50)28-14-6-8-18-40-28/h5-8,13-14,17-18,23-26,29-30,37-38H,9-12,15-16,19-22H2,1-4H3,(H,41,49)(H,42,50)(H,43,47)(H,44,48)/t23-,24-,25-,26-,29-,30-/m0/s1. The van der Waals surface area contributed by atoms with E-state index >= 15 is 0 Å². The average Bonchev–Trinajstić information content (AvgIpc) is 3.86. The van der Waals surface area contributed by atoms with Crippen molar-refractivity contribution in [2.45, 2.75) is 88.6 Å². The van der Waals surface area contributed by atoms with Crippen LogP contribution >= 0.6 is 0 Å². The molecule has 0 aromatic carbocycles. The highest BCUT2D eigenvalue weighted by Crippen LogP contribution is 2.22.